The van der Waals surface area contributed by atoms with Gasteiger partial charge in [-0.3, -0.25) is 23.4 Å². The van der Waals surface area contributed by atoms with Crippen LogP contribution in [0.25, 0.3) is 0 Å². The number of nitrogens with two attached hydrogens (primary N) is 1. The number of unbranched alkanes of at least 4 members (excludes halogenated alkanes) is 11. The third-order valence-corrected chi connectivity index (χ3v) is 9.90. The average Bonchev–Trinajstić information content (AvgIpc) is 3.19. The van der Waals surface area contributed by atoms with E-state index in [1.165, 1.54) is 44.9 Å². The highest BCUT2D eigenvalue weighted by molar-refractivity contribution is 7.47. The Morgan fingerprint density at radius 2 is 1.14 bits per heavy atom. The summed E-state index contributed by atoms with van der Waals surface area (Å²) in [4.78, 5) is 46.0. The Bertz CT molecular complexity index is 1250. The number of rotatable bonds is 39. The molecule has 0 aromatic carbocycles. The molecule has 0 saturated heterocycles. The molecule has 0 fully saturated rings. The van der Waals surface area contributed by atoms with Crippen molar-refractivity contribution in [1.82, 2.24) is 0 Å². The predicted molar refractivity (Wildman–Crippen MR) is 229 cm³/mol. The summed E-state index contributed by atoms with van der Waals surface area (Å²) in [7, 11) is -4.80. The second kappa shape index (κ2) is 38.3. The zero-order chi connectivity index (χ0) is 43.1. The Labute approximate surface area is 348 Å². The van der Waals surface area contributed by atoms with E-state index in [1.54, 1.807) is 6.08 Å². The third kappa shape index (κ3) is 36.2. The van der Waals surface area contributed by atoms with E-state index >= 15 is 0 Å². The van der Waals surface area contributed by atoms with Crippen LogP contribution in [0.5, 0.6) is 0 Å². The molecule has 0 rings (SSSR count). The second-order valence-electron chi connectivity index (χ2n) is 14.4. The molecule has 0 aromatic heterocycles. The van der Waals surface area contributed by atoms with Crippen molar-refractivity contribution in [3.05, 3.63) is 60.8 Å². The molecule has 14 heteroatoms. The molecule has 0 aliphatic rings. The Balaban J connectivity index is 4.64. The SMILES string of the molecule is CC/C=C\C/C=C\C/C=C\C/C=C\C[C@@H](O)[C@H](O)CCCC(=O)O[C@H](COC(=O)CCCCCCCCC/C=C\CCCCCC)COP(=O)(O)OC[C@H](N)C(=O)O. The lowest BCUT2D eigenvalue weighted by atomic mass is 10.0. The Hall–Kier alpha value is -2.90. The third-order valence-electron chi connectivity index (χ3n) is 8.95. The van der Waals surface area contributed by atoms with Crippen LogP contribution in [-0.4, -0.2) is 82.3 Å². The maximum atomic E-state index is 12.7. The lowest BCUT2D eigenvalue weighted by molar-refractivity contribution is -0.161. The fraction of sp³-hybridized carbons (Fsp3) is 0.705. The topological polar surface area (TPSA) is 212 Å². The summed E-state index contributed by atoms with van der Waals surface area (Å²) in [6.45, 7) is 2.36. The molecule has 0 heterocycles. The molecule has 1 unspecified atom stereocenters. The zero-order valence-electron chi connectivity index (χ0n) is 35.3. The number of carbonyl (C=O) groups excluding carboxylic acids is 2. The number of phosphoric acid groups is 1. The van der Waals surface area contributed by atoms with Crippen LogP contribution in [-0.2, 0) is 37.5 Å². The minimum absolute atomic E-state index is 0.111. The van der Waals surface area contributed by atoms with Crippen molar-refractivity contribution in [3.8, 4) is 0 Å². The van der Waals surface area contributed by atoms with Gasteiger partial charge < -0.3 is 35.4 Å². The van der Waals surface area contributed by atoms with E-state index in [0.717, 1.165) is 51.4 Å². The minimum atomic E-state index is -4.80. The average molecular weight is 842 g/mol. The molecule has 6 N–H and O–H groups in total. The lowest BCUT2D eigenvalue weighted by Gasteiger charge is -2.20. The van der Waals surface area contributed by atoms with Crippen LogP contribution in [0.2, 0.25) is 0 Å². The zero-order valence-corrected chi connectivity index (χ0v) is 36.2. The molecular weight excluding hydrogens is 765 g/mol. The molecular formula is C44H76NO12P. The van der Waals surface area contributed by atoms with Crippen LogP contribution >= 0.6 is 7.82 Å². The first-order valence-corrected chi connectivity index (χ1v) is 23.0. The summed E-state index contributed by atoms with van der Waals surface area (Å²) < 4.78 is 32.5. The number of hydrogen-bond donors (Lipinski definition) is 5. The molecule has 58 heavy (non-hydrogen) atoms. The van der Waals surface area contributed by atoms with E-state index in [2.05, 4.69) is 60.9 Å². The highest BCUT2D eigenvalue weighted by Gasteiger charge is 2.28. The maximum Gasteiger partial charge on any atom is 0.472 e. The van der Waals surface area contributed by atoms with Gasteiger partial charge in [-0.1, -0.05) is 126 Å². The molecule has 0 aliphatic heterocycles. The molecule has 0 radical (unpaired) electrons. The quantitative estimate of drug-likeness (QED) is 0.0169. The number of carbonyl (C=O) groups is 3. The molecule has 0 bridgehead atoms. The van der Waals surface area contributed by atoms with Crippen LogP contribution in [0.3, 0.4) is 0 Å². The first kappa shape index (κ1) is 55.1. The second-order valence-corrected chi connectivity index (χ2v) is 15.9. The lowest BCUT2D eigenvalue weighted by Crippen LogP contribution is -2.34. The number of aliphatic carboxylic acids is 1. The highest BCUT2D eigenvalue weighted by Crippen LogP contribution is 2.43. The summed E-state index contributed by atoms with van der Waals surface area (Å²) in [6.07, 6.45) is 36.0. The van der Waals surface area contributed by atoms with Gasteiger partial charge in [-0.05, 0) is 77.0 Å². The number of phosphoric ester groups is 1. The van der Waals surface area contributed by atoms with Gasteiger partial charge in [-0.2, -0.15) is 0 Å². The van der Waals surface area contributed by atoms with Crippen molar-refractivity contribution < 1.29 is 57.7 Å². The normalized spacial score (nSPS) is 15.4. The molecule has 0 aliphatic carbocycles. The smallest absolute Gasteiger partial charge is 0.472 e. The predicted octanol–water partition coefficient (Wildman–Crippen LogP) is 9.11. The fourth-order valence-corrected chi connectivity index (χ4v) is 6.22. The minimum Gasteiger partial charge on any atom is -0.480 e. The van der Waals surface area contributed by atoms with Crippen molar-refractivity contribution in [2.24, 2.45) is 5.73 Å². The molecule has 0 amide bonds. The van der Waals surface area contributed by atoms with E-state index in [4.69, 9.17) is 24.8 Å². The van der Waals surface area contributed by atoms with E-state index in [1.807, 2.05) is 12.2 Å². The number of allylic oxidation sites excluding steroid dienone is 9. The van der Waals surface area contributed by atoms with Crippen LogP contribution in [0, 0.1) is 0 Å². The molecule has 334 valence electrons. The molecule has 0 saturated carbocycles. The number of aliphatic hydroxyl groups is 2. The van der Waals surface area contributed by atoms with Gasteiger partial charge in [-0.15, -0.1) is 0 Å². The molecule has 0 spiro atoms. The largest absolute Gasteiger partial charge is 0.480 e. The van der Waals surface area contributed by atoms with Gasteiger partial charge >= 0.3 is 25.7 Å². The number of aliphatic hydroxyl groups excluding tert-OH is 2. The number of carboxylic acids is 1. The monoisotopic (exact) mass is 842 g/mol. The van der Waals surface area contributed by atoms with Gasteiger partial charge in [-0.25, -0.2) is 4.57 Å². The highest BCUT2D eigenvalue weighted by atomic mass is 31.2. The Morgan fingerprint density at radius 1 is 0.621 bits per heavy atom. The van der Waals surface area contributed by atoms with Crippen molar-refractivity contribution >= 4 is 25.7 Å². The molecule has 5 atom stereocenters. The van der Waals surface area contributed by atoms with Crippen molar-refractivity contribution in [1.29, 1.82) is 0 Å². The maximum absolute atomic E-state index is 12.7. The fourth-order valence-electron chi connectivity index (χ4n) is 5.44. The summed E-state index contributed by atoms with van der Waals surface area (Å²) >= 11 is 0. The van der Waals surface area contributed by atoms with E-state index in [9.17, 15) is 34.1 Å². The summed E-state index contributed by atoms with van der Waals surface area (Å²) in [5, 5.41) is 29.6. The van der Waals surface area contributed by atoms with Gasteiger partial charge in [0.1, 0.15) is 12.6 Å². The van der Waals surface area contributed by atoms with Gasteiger partial charge in [0, 0.05) is 12.8 Å². The standard InChI is InChI=1S/C44H76NO12P/c1-3-5-7-9-11-13-15-17-18-19-21-23-25-27-29-33-42(48)54-35-38(36-55-58(52,53)56-37-39(45)44(50)51)57-43(49)34-30-32-41(47)40(46)31-28-26-24-22-20-16-14-12-10-8-6-4-2/h6,8,12-15,20,22,26,28,38-41,46-47H,3-5,7,9-11,16-19,21,23-25,27,29-37,45H2,1-2H3,(H,50,51)(H,52,53)/b8-6-,14-12-,15-13-,22-20-,28-26-/t38-,39+,40-,41-/m1/s1. The number of hydrogen-bond acceptors (Lipinski definition) is 11. The van der Waals surface area contributed by atoms with Crippen LogP contribution in [0.4, 0.5) is 0 Å². The Morgan fingerprint density at radius 3 is 1.72 bits per heavy atom. The first-order chi connectivity index (χ1) is 27.9. The van der Waals surface area contributed by atoms with E-state index in [-0.39, 0.29) is 32.1 Å². The van der Waals surface area contributed by atoms with Crippen molar-refractivity contribution in [2.75, 3.05) is 19.8 Å². The number of carboxylic acid groups (broad SMARTS) is 1. The van der Waals surface area contributed by atoms with Gasteiger partial charge in [0.15, 0.2) is 6.10 Å². The molecule has 13 nitrogen and oxygen atoms in total. The summed E-state index contributed by atoms with van der Waals surface area (Å²) in [6, 6.07) is -1.57. The van der Waals surface area contributed by atoms with Crippen LogP contribution in [0.1, 0.15) is 155 Å². The van der Waals surface area contributed by atoms with Crippen molar-refractivity contribution in [3.63, 3.8) is 0 Å². The van der Waals surface area contributed by atoms with E-state index in [0.29, 0.717) is 12.8 Å². The van der Waals surface area contributed by atoms with Gasteiger partial charge in [0.25, 0.3) is 0 Å². The number of ether oxygens (including phenoxy) is 2. The summed E-state index contributed by atoms with van der Waals surface area (Å²) in [5.74, 6) is -2.72. The molecule has 0 aromatic rings. The Kier molecular flexibility index (Phi) is 36.4. The van der Waals surface area contributed by atoms with Crippen molar-refractivity contribution in [2.45, 2.75) is 179 Å². The number of esters is 2. The van der Waals surface area contributed by atoms with Crippen LogP contribution < -0.4 is 5.73 Å². The van der Waals surface area contributed by atoms with Gasteiger partial charge in [0.05, 0.1) is 25.4 Å². The summed E-state index contributed by atoms with van der Waals surface area (Å²) in [5.41, 5.74) is 5.31. The first-order valence-electron chi connectivity index (χ1n) is 21.5. The van der Waals surface area contributed by atoms with Crippen LogP contribution in [0.15, 0.2) is 60.8 Å². The van der Waals surface area contributed by atoms with E-state index < -0.39 is 69.9 Å². The van der Waals surface area contributed by atoms with Gasteiger partial charge in [0.2, 0.25) is 0 Å².